The standard InChI is InChI=1S/C16H13N.C13H13N.2C2H6/c1-12-5-4-6-13(11-12)14-9-10-17-16-8-3-2-7-15(14)16;1-10-4-3-5-13(11(10)2)12-6-8-14-9-7-12;2*1-2/h2-11H,1H3;3-9H,1-2H3;2*1-2H3. The molecule has 0 radical (unpaired) electrons. The van der Waals surface area contributed by atoms with Crippen LogP contribution in [0.5, 0.6) is 0 Å². The summed E-state index contributed by atoms with van der Waals surface area (Å²) in [4.78, 5) is 8.41. The van der Waals surface area contributed by atoms with E-state index in [0.29, 0.717) is 0 Å². The van der Waals surface area contributed by atoms with Crippen LogP contribution < -0.4 is 0 Å². The smallest absolute Gasteiger partial charge is 0.0708 e. The van der Waals surface area contributed by atoms with Gasteiger partial charge in [0.1, 0.15) is 0 Å². The highest BCUT2D eigenvalue weighted by molar-refractivity contribution is 5.94. The number of pyridine rings is 2. The molecule has 0 spiro atoms. The van der Waals surface area contributed by atoms with Gasteiger partial charge in [0.15, 0.2) is 0 Å². The molecule has 0 unspecified atom stereocenters. The molecule has 0 N–H and O–H groups in total. The van der Waals surface area contributed by atoms with Gasteiger partial charge in [0.25, 0.3) is 0 Å². The van der Waals surface area contributed by atoms with Crippen molar-refractivity contribution in [3.05, 3.63) is 120 Å². The average molecular weight is 463 g/mol. The molecule has 2 heteroatoms. The predicted octanol–water partition coefficient (Wildman–Crippen LogP) is 9.63. The fourth-order valence-electron chi connectivity index (χ4n) is 3.76. The summed E-state index contributed by atoms with van der Waals surface area (Å²) < 4.78 is 0. The molecule has 5 rings (SSSR count). The largest absolute Gasteiger partial charge is 0.265 e. The highest BCUT2D eigenvalue weighted by Crippen LogP contribution is 2.27. The van der Waals surface area contributed by atoms with Crippen molar-refractivity contribution in [2.45, 2.75) is 48.5 Å². The predicted molar refractivity (Wildman–Crippen MR) is 154 cm³/mol. The minimum absolute atomic E-state index is 1.05. The van der Waals surface area contributed by atoms with Crippen molar-refractivity contribution in [3.8, 4) is 22.3 Å². The van der Waals surface area contributed by atoms with Crippen LogP contribution in [0.15, 0.2) is 104 Å². The number of benzene rings is 3. The molecule has 0 aliphatic carbocycles. The number of nitrogens with zero attached hydrogens (tertiary/aromatic N) is 2. The quantitative estimate of drug-likeness (QED) is 0.261. The molecule has 0 amide bonds. The molecular formula is C33H38N2. The Morgan fingerprint density at radius 1 is 0.543 bits per heavy atom. The van der Waals surface area contributed by atoms with Gasteiger partial charge in [0, 0.05) is 24.0 Å². The Kier molecular flexibility index (Phi) is 11.4. The van der Waals surface area contributed by atoms with E-state index in [9.17, 15) is 0 Å². The van der Waals surface area contributed by atoms with Crippen LogP contribution in [-0.4, -0.2) is 9.97 Å². The second kappa shape index (κ2) is 14.5. The van der Waals surface area contributed by atoms with E-state index in [1.807, 2.05) is 64.5 Å². The van der Waals surface area contributed by atoms with Crippen LogP contribution in [0.1, 0.15) is 44.4 Å². The van der Waals surface area contributed by atoms with Crippen molar-refractivity contribution in [3.63, 3.8) is 0 Å². The van der Waals surface area contributed by atoms with E-state index in [-0.39, 0.29) is 0 Å². The molecule has 2 heterocycles. The topological polar surface area (TPSA) is 25.8 Å². The molecule has 35 heavy (non-hydrogen) atoms. The highest BCUT2D eigenvalue weighted by Gasteiger charge is 2.04. The van der Waals surface area contributed by atoms with Crippen molar-refractivity contribution in [2.24, 2.45) is 0 Å². The third kappa shape index (κ3) is 7.35. The first kappa shape index (κ1) is 27.5. The third-order valence-electron chi connectivity index (χ3n) is 5.57. The number of fused-ring (bicyclic) bond motifs is 1. The summed E-state index contributed by atoms with van der Waals surface area (Å²) in [5.74, 6) is 0. The maximum absolute atomic E-state index is 4.39. The molecule has 180 valence electrons. The number of hydrogen-bond donors (Lipinski definition) is 0. The lowest BCUT2D eigenvalue weighted by Gasteiger charge is -2.07. The van der Waals surface area contributed by atoms with E-state index in [2.05, 4.69) is 97.5 Å². The minimum atomic E-state index is 1.05. The van der Waals surface area contributed by atoms with Crippen molar-refractivity contribution < 1.29 is 0 Å². The first-order valence-electron chi connectivity index (χ1n) is 12.5. The van der Waals surface area contributed by atoms with Gasteiger partial charge in [-0.05, 0) is 78.4 Å². The Labute approximate surface area is 211 Å². The van der Waals surface area contributed by atoms with E-state index < -0.39 is 0 Å². The molecule has 2 aromatic heterocycles. The van der Waals surface area contributed by atoms with Crippen LogP contribution in [0.3, 0.4) is 0 Å². The fourth-order valence-corrected chi connectivity index (χ4v) is 3.76. The molecule has 0 fully saturated rings. The summed E-state index contributed by atoms with van der Waals surface area (Å²) in [6.07, 6.45) is 5.54. The molecule has 0 atom stereocenters. The van der Waals surface area contributed by atoms with E-state index in [0.717, 1.165) is 5.52 Å². The van der Waals surface area contributed by atoms with Crippen molar-refractivity contribution in [2.75, 3.05) is 0 Å². The normalized spacial score (nSPS) is 9.57. The summed E-state index contributed by atoms with van der Waals surface area (Å²) in [6.45, 7) is 14.4. The maximum atomic E-state index is 4.39. The molecule has 0 bridgehead atoms. The lowest BCUT2D eigenvalue weighted by Crippen LogP contribution is -1.86. The first-order chi connectivity index (χ1) is 17.1. The van der Waals surface area contributed by atoms with Crippen molar-refractivity contribution in [1.29, 1.82) is 0 Å². The Morgan fingerprint density at radius 2 is 1.23 bits per heavy atom. The third-order valence-corrected chi connectivity index (χ3v) is 5.57. The molecule has 0 aliphatic rings. The SMILES string of the molecule is CC.CC.Cc1cccc(-c2ccnc3ccccc23)c1.Cc1cccc(-c2ccncc2)c1C. The molecule has 0 saturated carbocycles. The zero-order valence-electron chi connectivity index (χ0n) is 22.2. The maximum Gasteiger partial charge on any atom is 0.0708 e. The zero-order valence-corrected chi connectivity index (χ0v) is 22.2. The molecular weight excluding hydrogens is 424 g/mol. The summed E-state index contributed by atoms with van der Waals surface area (Å²) >= 11 is 0. The Balaban J connectivity index is 0.000000220. The van der Waals surface area contributed by atoms with Crippen LogP contribution in [0.4, 0.5) is 0 Å². The summed E-state index contributed by atoms with van der Waals surface area (Å²) in [7, 11) is 0. The number of hydrogen-bond acceptors (Lipinski definition) is 2. The lowest BCUT2D eigenvalue weighted by atomic mass is 9.98. The van der Waals surface area contributed by atoms with Gasteiger partial charge in [-0.3, -0.25) is 9.97 Å². The molecule has 5 aromatic rings. The van der Waals surface area contributed by atoms with Gasteiger partial charge in [0.05, 0.1) is 5.52 Å². The van der Waals surface area contributed by atoms with E-state index >= 15 is 0 Å². The van der Waals surface area contributed by atoms with Crippen molar-refractivity contribution >= 4 is 10.9 Å². The monoisotopic (exact) mass is 462 g/mol. The van der Waals surface area contributed by atoms with Gasteiger partial charge < -0.3 is 0 Å². The molecule has 3 aromatic carbocycles. The molecule has 0 aliphatic heterocycles. The van der Waals surface area contributed by atoms with Gasteiger partial charge >= 0.3 is 0 Å². The number of rotatable bonds is 2. The Morgan fingerprint density at radius 3 is 1.94 bits per heavy atom. The minimum Gasteiger partial charge on any atom is -0.265 e. The van der Waals surface area contributed by atoms with Gasteiger partial charge in [0.2, 0.25) is 0 Å². The summed E-state index contributed by atoms with van der Waals surface area (Å²) in [6, 6.07) is 29.4. The van der Waals surface area contributed by atoms with Gasteiger partial charge in [-0.25, -0.2) is 0 Å². The van der Waals surface area contributed by atoms with Crippen LogP contribution in [-0.2, 0) is 0 Å². The Hall–Kier alpha value is -3.78. The fraction of sp³-hybridized carbons (Fsp3) is 0.212. The highest BCUT2D eigenvalue weighted by atomic mass is 14.6. The van der Waals surface area contributed by atoms with E-state index in [1.54, 1.807) is 0 Å². The van der Waals surface area contributed by atoms with Gasteiger partial charge in [-0.1, -0.05) is 93.9 Å². The second-order valence-electron chi connectivity index (χ2n) is 7.73. The molecule has 2 nitrogen and oxygen atoms in total. The van der Waals surface area contributed by atoms with E-state index in [4.69, 9.17) is 0 Å². The number of aromatic nitrogens is 2. The van der Waals surface area contributed by atoms with Crippen LogP contribution in [0, 0.1) is 20.8 Å². The van der Waals surface area contributed by atoms with Crippen LogP contribution in [0.25, 0.3) is 33.2 Å². The number of para-hydroxylation sites is 1. The van der Waals surface area contributed by atoms with Crippen LogP contribution in [0.2, 0.25) is 0 Å². The summed E-state index contributed by atoms with van der Waals surface area (Å²) in [5, 5.41) is 1.21. The lowest BCUT2D eigenvalue weighted by molar-refractivity contribution is 1.31. The summed E-state index contributed by atoms with van der Waals surface area (Å²) in [5.41, 5.74) is 10.0. The van der Waals surface area contributed by atoms with Gasteiger partial charge in [-0.15, -0.1) is 0 Å². The van der Waals surface area contributed by atoms with Gasteiger partial charge in [-0.2, -0.15) is 0 Å². The van der Waals surface area contributed by atoms with Crippen molar-refractivity contribution in [1.82, 2.24) is 9.97 Å². The Bertz CT molecular complexity index is 1300. The van der Waals surface area contributed by atoms with Crippen LogP contribution >= 0.6 is 0 Å². The van der Waals surface area contributed by atoms with E-state index in [1.165, 1.54) is 44.3 Å². The average Bonchev–Trinajstić information content (AvgIpc) is 2.93. The number of aryl methyl sites for hydroxylation is 2. The zero-order chi connectivity index (χ0) is 25.6. The molecule has 0 saturated heterocycles. The second-order valence-corrected chi connectivity index (χ2v) is 7.73. The first-order valence-corrected chi connectivity index (χ1v) is 12.5.